The van der Waals surface area contributed by atoms with Crippen LogP contribution in [0.15, 0.2) is 72.8 Å². The van der Waals surface area contributed by atoms with Gasteiger partial charge in [0.05, 0.1) is 7.11 Å². The summed E-state index contributed by atoms with van der Waals surface area (Å²) in [5, 5.41) is 0. The fourth-order valence-corrected chi connectivity index (χ4v) is 2.67. The van der Waals surface area contributed by atoms with Crippen molar-refractivity contribution in [2.45, 2.75) is 6.10 Å². The lowest BCUT2D eigenvalue weighted by Gasteiger charge is -2.22. The third-order valence-corrected chi connectivity index (χ3v) is 3.94. The molecular weight excluding hydrogens is 333 g/mol. The third-order valence-electron chi connectivity index (χ3n) is 3.94. The quantitative estimate of drug-likeness (QED) is 0.548. The lowest BCUT2D eigenvalue weighted by Crippen LogP contribution is -2.14. The van der Waals surface area contributed by atoms with E-state index in [1.54, 1.807) is 30.3 Å². The van der Waals surface area contributed by atoms with Crippen LogP contribution >= 0.6 is 0 Å². The normalized spacial score (nSPS) is 11.6. The first kappa shape index (κ1) is 17.5. The highest BCUT2D eigenvalue weighted by Crippen LogP contribution is 2.32. The van der Waals surface area contributed by atoms with Crippen LogP contribution in [0.5, 0.6) is 5.75 Å². The number of anilines is 1. The Balaban J connectivity index is 2.08. The summed E-state index contributed by atoms with van der Waals surface area (Å²) in [6, 6.07) is 20.3. The highest BCUT2D eigenvalue weighted by molar-refractivity contribution is 5.93. The van der Waals surface area contributed by atoms with Gasteiger partial charge < -0.3 is 15.2 Å². The molecule has 1 unspecified atom stereocenters. The molecule has 0 aromatic heterocycles. The van der Waals surface area contributed by atoms with E-state index >= 15 is 0 Å². The number of benzene rings is 3. The van der Waals surface area contributed by atoms with E-state index < -0.39 is 17.9 Å². The lowest BCUT2D eigenvalue weighted by atomic mass is 10.0. The van der Waals surface area contributed by atoms with Crippen molar-refractivity contribution in [3.63, 3.8) is 0 Å². The van der Waals surface area contributed by atoms with Crippen LogP contribution < -0.4 is 10.5 Å². The van der Waals surface area contributed by atoms with Gasteiger partial charge in [0.25, 0.3) is 0 Å². The molecule has 0 bridgehead atoms. The van der Waals surface area contributed by atoms with Crippen molar-refractivity contribution in [2.24, 2.45) is 0 Å². The molecule has 3 aromatic rings. The van der Waals surface area contributed by atoms with Crippen LogP contribution in [0.4, 0.5) is 10.1 Å². The number of hydrogen-bond donors (Lipinski definition) is 1. The van der Waals surface area contributed by atoms with Crippen molar-refractivity contribution >= 4 is 11.7 Å². The SMILES string of the molecule is COC(=O)c1cc(N)ccc1OC(c1ccccc1)c1ccccc1F. The first-order valence-corrected chi connectivity index (χ1v) is 8.04. The van der Waals surface area contributed by atoms with Gasteiger partial charge in [-0.05, 0) is 29.8 Å². The van der Waals surface area contributed by atoms with Gasteiger partial charge in [0.2, 0.25) is 0 Å². The van der Waals surface area contributed by atoms with Gasteiger partial charge in [0, 0.05) is 11.3 Å². The summed E-state index contributed by atoms with van der Waals surface area (Å²) in [6.07, 6.45) is -0.732. The van der Waals surface area contributed by atoms with Crippen molar-refractivity contribution in [3.05, 3.63) is 95.3 Å². The van der Waals surface area contributed by atoms with E-state index in [9.17, 15) is 9.18 Å². The Labute approximate surface area is 151 Å². The van der Waals surface area contributed by atoms with Crippen LogP contribution in [0.25, 0.3) is 0 Å². The van der Waals surface area contributed by atoms with Crippen LogP contribution in [-0.2, 0) is 4.74 Å². The first-order chi connectivity index (χ1) is 12.6. The maximum absolute atomic E-state index is 14.4. The topological polar surface area (TPSA) is 61.5 Å². The first-order valence-electron chi connectivity index (χ1n) is 8.04. The van der Waals surface area contributed by atoms with E-state index in [-0.39, 0.29) is 11.3 Å². The van der Waals surface area contributed by atoms with Crippen LogP contribution in [0.3, 0.4) is 0 Å². The van der Waals surface area contributed by atoms with Crippen molar-refractivity contribution in [1.29, 1.82) is 0 Å². The van der Waals surface area contributed by atoms with Crippen LogP contribution in [0.2, 0.25) is 0 Å². The van der Waals surface area contributed by atoms with Crippen molar-refractivity contribution in [3.8, 4) is 5.75 Å². The number of carbonyl (C=O) groups is 1. The molecule has 0 amide bonds. The number of carbonyl (C=O) groups excluding carboxylic acids is 1. The number of nitrogen functional groups attached to an aromatic ring is 1. The lowest BCUT2D eigenvalue weighted by molar-refractivity contribution is 0.0594. The van der Waals surface area contributed by atoms with E-state index in [0.29, 0.717) is 11.3 Å². The maximum Gasteiger partial charge on any atom is 0.341 e. The molecule has 0 heterocycles. The summed E-state index contributed by atoms with van der Waals surface area (Å²) in [5.41, 5.74) is 7.48. The molecule has 0 spiro atoms. The zero-order chi connectivity index (χ0) is 18.5. The average molecular weight is 351 g/mol. The summed E-state index contributed by atoms with van der Waals surface area (Å²) < 4.78 is 25.3. The molecule has 0 saturated heterocycles. The van der Waals surface area contributed by atoms with E-state index in [0.717, 1.165) is 5.56 Å². The van der Waals surface area contributed by atoms with Gasteiger partial charge in [-0.1, -0.05) is 48.5 Å². The molecule has 132 valence electrons. The van der Waals surface area contributed by atoms with Gasteiger partial charge in [0.15, 0.2) is 6.10 Å². The van der Waals surface area contributed by atoms with Gasteiger partial charge >= 0.3 is 5.97 Å². The largest absolute Gasteiger partial charge is 0.480 e. The molecular formula is C21H18FNO3. The third kappa shape index (κ3) is 3.67. The molecule has 0 saturated carbocycles. The van der Waals surface area contributed by atoms with E-state index in [4.69, 9.17) is 15.2 Å². The molecule has 26 heavy (non-hydrogen) atoms. The van der Waals surface area contributed by atoms with Crippen LogP contribution in [-0.4, -0.2) is 13.1 Å². The Bertz CT molecular complexity index is 912. The average Bonchev–Trinajstić information content (AvgIpc) is 2.68. The van der Waals surface area contributed by atoms with Crippen molar-refractivity contribution in [2.75, 3.05) is 12.8 Å². The number of nitrogens with two attached hydrogens (primary N) is 1. The monoisotopic (exact) mass is 351 g/mol. The summed E-state index contributed by atoms with van der Waals surface area (Å²) in [6.45, 7) is 0. The summed E-state index contributed by atoms with van der Waals surface area (Å²) in [7, 11) is 1.28. The molecule has 0 aliphatic carbocycles. The molecule has 3 rings (SSSR count). The number of methoxy groups -OCH3 is 1. The molecule has 0 aliphatic rings. The predicted molar refractivity (Wildman–Crippen MR) is 97.5 cm³/mol. The molecule has 0 fully saturated rings. The molecule has 2 N–H and O–H groups in total. The smallest absolute Gasteiger partial charge is 0.341 e. The molecule has 0 aliphatic heterocycles. The number of hydrogen-bond acceptors (Lipinski definition) is 4. The Kier molecular flexibility index (Phi) is 5.17. The fraction of sp³-hybridized carbons (Fsp3) is 0.0952. The highest BCUT2D eigenvalue weighted by Gasteiger charge is 2.23. The predicted octanol–water partition coefficient (Wildman–Crippen LogP) is 4.36. The zero-order valence-electron chi connectivity index (χ0n) is 14.2. The number of ether oxygens (including phenoxy) is 2. The standard InChI is InChI=1S/C21H18FNO3/c1-25-21(24)17-13-15(23)11-12-19(17)26-20(14-7-3-2-4-8-14)16-9-5-6-10-18(16)22/h2-13,20H,23H2,1H3. The number of halogens is 1. The number of esters is 1. The summed E-state index contributed by atoms with van der Waals surface area (Å²) in [5.74, 6) is -0.702. The van der Waals surface area contributed by atoms with Gasteiger partial charge in [-0.15, -0.1) is 0 Å². The zero-order valence-corrected chi connectivity index (χ0v) is 14.2. The minimum Gasteiger partial charge on any atom is -0.480 e. The summed E-state index contributed by atoms with van der Waals surface area (Å²) in [4.78, 5) is 12.1. The van der Waals surface area contributed by atoms with Crippen molar-refractivity contribution in [1.82, 2.24) is 0 Å². The second-order valence-corrected chi connectivity index (χ2v) is 5.68. The molecule has 1 atom stereocenters. The Morgan fingerprint density at radius 3 is 2.38 bits per heavy atom. The fourth-order valence-electron chi connectivity index (χ4n) is 2.67. The Morgan fingerprint density at radius 1 is 1.00 bits per heavy atom. The Morgan fingerprint density at radius 2 is 1.69 bits per heavy atom. The summed E-state index contributed by atoms with van der Waals surface area (Å²) >= 11 is 0. The molecule has 0 radical (unpaired) electrons. The van der Waals surface area contributed by atoms with Gasteiger partial charge in [-0.3, -0.25) is 0 Å². The maximum atomic E-state index is 14.4. The van der Waals surface area contributed by atoms with Gasteiger partial charge in [0.1, 0.15) is 17.1 Å². The molecule has 4 nitrogen and oxygen atoms in total. The minimum absolute atomic E-state index is 0.185. The van der Waals surface area contributed by atoms with E-state index in [1.165, 1.54) is 19.2 Å². The minimum atomic E-state index is -0.732. The van der Waals surface area contributed by atoms with Gasteiger partial charge in [-0.25, -0.2) is 9.18 Å². The van der Waals surface area contributed by atoms with Crippen LogP contribution in [0, 0.1) is 5.82 Å². The van der Waals surface area contributed by atoms with E-state index in [1.807, 2.05) is 30.3 Å². The molecule has 3 aromatic carbocycles. The number of rotatable bonds is 5. The van der Waals surface area contributed by atoms with Crippen molar-refractivity contribution < 1.29 is 18.7 Å². The second kappa shape index (κ2) is 7.70. The van der Waals surface area contributed by atoms with Crippen LogP contribution in [0.1, 0.15) is 27.6 Å². The van der Waals surface area contributed by atoms with Gasteiger partial charge in [-0.2, -0.15) is 0 Å². The molecule has 5 heteroatoms. The highest BCUT2D eigenvalue weighted by atomic mass is 19.1. The Hall–Kier alpha value is -3.34. The second-order valence-electron chi connectivity index (χ2n) is 5.68. The van der Waals surface area contributed by atoms with E-state index in [2.05, 4.69) is 0 Å².